The second-order valence-electron chi connectivity index (χ2n) is 3.72. The maximum Gasteiger partial charge on any atom is 0.345 e. The highest BCUT2D eigenvalue weighted by molar-refractivity contribution is 6.14. The summed E-state index contributed by atoms with van der Waals surface area (Å²) in [6, 6.07) is 0. The van der Waals surface area contributed by atoms with E-state index in [0.717, 1.165) is 6.54 Å². The van der Waals surface area contributed by atoms with Crippen LogP contribution < -0.4 is 5.32 Å². The van der Waals surface area contributed by atoms with E-state index >= 15 is 0 Å². The van der Waals surface area contributed by atoms with Gasteiger partial charge < -0.3 is 14.8 Å². The Balaban J connectivity index is 0. The van der Waals surface area contributed by atoms with Gasteiger partial charge in [0.1, 0.15) is 5.57 Å². The number of rotatable bonds is 6. The lowest BCUT2D eigenvalue weighted by Gasteiger charge is -2.03. The number of hydrogen-bond acceptors (Lipinski definition) is 5. The lowest BCUT2D eigenvalue weighted by molar-refractivity contribution is -0.144. The van der Waals surface area contributed by atoms with E-state index in [0.29, 0.717) is 5.92 Å². The van der Waals surface area contributed by atoms with Crippen LogP contribution in [0.5, 0.6) is 0 Å². The molecular formula is C14H25NO4. The number of methoxy groups -OCH3 is 2. The van der Waals surface area contributed by atoms with Crippen molar-refractivity contribution in [2.75, 3.05) is 20.8 Å². The Bertz CT molecular complexity index is 301. The maximum atomic E-state index is 11.2. The summed E-state index contributed by atoms with van der Waals surface area (Å²) in [5, 5.41) is 3.02. The average Bonchev–Trinajstić information content (AvgIpc) is 2.43. The quantitative estimate of drug-likeness (QED) is 0.263. The highest BCUT2D eigenvalue weighted by Gasteiger charge is 2.18. The SMILES string of the molecule is CC.COC(=O)C(=C/C=C/NCC(C)C)C(=O)OC. The molecule has 0 aromatic rings. The molecule has 0 aromatic carbocycles. The van der Waals surface area contributed by atoms with Crippen molar-refractivity contribution in [3.05, 3.63) is 23.9 Å². The van der Waals surface area contributed by atoms with Gasteiger partial charge in [0.05, 0.1) is 14.2 Å². The van der Waals surface area contributed by atoms with Gasteiger partial charge in [-0.1, -0.05) is 27.7 Å². The van der Waals surface area contributed by atoms with E-state index in [1.807, 2.05) is 13.8 Å². The highest BCUT2D eigenvalue weighted by atomic mass is 16.5. The molecule has 0 unspecified atom stereocenters. The average molecular weight is 271 g/mol. The first-order chi connectivity index (χ1) is 9.02. The van der Waals surface area contributed by atoms with Crippen molar-refractivity contribution in [1.82, 2.24) is 5.32 Å². The van der Waals surface area contributed by atoms with Gasteiger partial charge in [0, 0.05) is 6.54 Å². The van der Waals surface area contributed by atoms with Gasteiger partial charge >= 0.3 is 11.9 Å². The van der Waals surface area contributed by atoms with Crippen LogP contribution in [0.25, 0.3) is 0 Å². The maximum absolute atomic E-state index is 11.2. The van der Waals surface area contributed by atoms with Crippen LogP contribution in [0, 0.1) is 5.92 Å². The van der Waals surface area contributed by atoms with E-state index < -0.39 is 11.9 Å². The summed E-state index contributed by atoms with van der Waals surface area (Å²) in [6.07, 6.45) is 4.57. The Morgan fingerprint density at radius 3 is 1.95 bits per heavy atom. The van der Waals surface area contributed by atoms with Gasteiger partial charge in [-0.05, 0) is 24.3 Å². The summed E-state index contributed by atoms with van der Waals surface area (Å²) in [6.45, 7) is 8.96. The van der Waals surface area contributed by atoms with Crippen molar-refractivity contribution in [1.29, 1.82) is 0 Å². The molecule has 0 saturated carbocycles. The minimum absolute atomic E-state index is 0.141. The number of hydrogen-bond donors (Lipinski definition) is 1. The van der Waals surface area contributed by atoms with Crippen molar-refractivity contribution in [3.63, 3.8) is 0 Å². The summed E-state index contributed by atoms with van der Waals surface area (Å²) >= 11 is 0. The third kappa shape index (κ3) is 9.88. The zero-order valence-electron chi connectivity index (χ0n) is 12.6. The number of carbonyl (C=O) groups excluding carboxylic acids is 2. The van der Waals surface area contributed by atoms with Gasteiger partial charge in [-0.3, -0.25) is 0 Å². The second kappa shape index (κ2) is 12.7. The number of nitrogens with one attached hydrogen (secondary N) is 1. The number of ether oxygens (including phenoxy) is 2. The highest BCUT2D eigenvalue weighted by Crippen LogP contribution is 2.00. The molecule has 1 N–H and O–H groups in total. The molecule has 0 aliphatic carbocycles. The number of allylic oxidation sites excluding steroid dienone is 2. The van der Waals surface area contributed by atoms with Crippen LogP contribution in [-0.4, -0.2) is 32.7 Å². The fourth-order valence-electron chi connectivity index (χ4n) is 0.955. The van der Waals surface area contributed by atoms with Crippen molar-refractivity contribution in [2.24, 2.45) is 5.92 Å². The first-order valence-corrected chi connectivity index (χ1v) is 6.29. The first kappa shape index (κ1) is 19.6. The Hall–Kier alpha value is -1.78. The van der Waals surface area contributed by atoms with E-state index in [-0.39, 0.29) is 5.57 Å². The largest absolute Gasteiger partial charge is 0.465 e. The molecule has 0 atom stereocenters. The van der Waals surface area contributed by atoms with Crippen molar-refractivity contribution < 1.29 is 19.1 Å². The summed E-state index contributed by atoms with van der Waals surface area (Å²) in [7, 11) is 2.42. The van der Waals surface area contributed by atoms with Gasteiger partial charge in [0.15, 0.2) is 0 Å². The smallest absolute Gasteiger partial charge is 0.345 e. The van der Waals surface area contributed by atoms with Gasteiger partial charge in [-0.25, -0.2) is 9.59 Å². The molecule has 0 amide bonds. The van der Waals surface area contributed by atoms with Crippen LogP contribution in [-0.2, 0) is 19.1 Å². The third-order valence-corrected chi connectivity index (χ3v) is 1.81. The van der Waals surface area contributed by atoms with Gasteiger partial charge in [-0.2, -0.15) is 0 Å². The second-order valence-corrected chi connectivity index (χ2v) is 3.72. The Morgan fingerprint density at radius 1 is 1.11 bits per heavy atom. The molecule has 0 aliphatic heterocycles. The lowest BCUT2D eigenvalue weighted by Crippen LogP contribution is -2.16. The molecule has 0 spiro atoms. The molecule has 0 rings (SSSR count). The van der Waals surface area contributed by atoms with E-state index in [4.69, 9.17) is 0 Å². The zero-order valence-corrected chi connectivity index (χ0v) is 12.6. The zero-order chi connectivity index (χ0) is 15.3. The fraction of sp³-hybridized carbons (Fsp3) is 0.571. The topological polar surface area (TPSA) is 64.6 Å². The number of esters is 2. The predicted octanol–water partition coefficient (Wildman–Crippen LogP) is 2.04. The molecule has 0 heterocycles. The molecule has 0 aliphatic rings. The fourth-order valence-corrected chi connectivity index (χ4v) is 0.955. The van der Waals surface area contributed by atoms with Crippen LogP contribution >= 0.6 is 0 Å². The van der Waals surface area contributed by atoms with Crippen LogP contribution in [0.4, 0.5) is 0 Å². The minimum atomic E-state index is -0.717. The summed E-state index contributed by atoms with van der Waals surface area (Å²) < 4.78 is 8.94. The van der Waals surface area contributed by atoms with E-state index in [1.54, 1.807) is 12.3 Å². The van der Waals surface area contributed by atoms with Gasteiger partial charge in [0.2, 0.25) is 0 Å². The van der Waals surface area contributed by atoms with E-state index in [1.165, 1.54) is 20.3 Å². The molecule has 5 nitrogen and oxygen atoms in total. The Morgan fingerprint density at radius 2 is 1.58 bits per heavy atom. The van der Waals surface area contributed by atoms with Crippen molar-refractivity contribution in [3.8, 4) is 0 Å². The normalized spacial score (nSPS) is 9.42. The predicted molar refractivity (Wildman–Crippen MR) is 75.4 cm³/mol. The van der Waals surface area contributed by atoms with Crippen molar-refractivity contribution >= 4 is 11.9 Å². The van der Waals surface area contributed by atoms with Crippen LogP contribution in [0.2, 0.25) is 0 Å². The molecule has 0 fully saturated rings. The van der Waals surface area contributed by atoms with Gasteiger partial charge in [0.25, 0.3) is 0 Å². The Kier molecular flexibility index (Phi) is 13.0. The summed E-state index contributed by atoms with van der Waals surface area (Å²) in [5.41, 5.74) is -0.141. The standard InChI is InChI=1S/C12H19NO4.C2H6/c1-9(2)8-13-7-5-6-10(11(14)16-3)12(15)17-4;1-2/h5-7,9,13H,8H2,1-4H3;1-2H3/b7-5+;. The summed E-state index contributed by atoms with van der Waals surface area (Å²) in [4.78, 5) is 22.5. The lowest BCUT2D eigenvalue weighted by atomic mass is 10.2. The molecule has 5 heteroatoms. The van der Waals surface area contributed by atoms with E-state index in [9.17, 15) is 9.59 Å². The van der Waals surface area contributed by atoms with Crippen LogP contribution in [0.15, 0.2) is 23.9 Å². The minimum Gasteiger partial charge on any atom is -0.465 e. The number of carbonyl (C=O) groups is 2. The van der Waals surface area contributed by atoms with Crippen LogP contribution in [0.1, 0.15) is 27.7 Å². The molecule has 0 radical (unpaired) electrons. The first-order valence-electron chi connectivity index (χ1n) is 6.29. The Labute approximate surface area is 115 Å². The monoisotopic (exact) mass is 271 g/mol. The molecule has 0 saturated heterocycles. The van der Waals surface area contributed by atoms with Crippen molar-refractivity contribution in [2.45, 2.75) is 27.7 Å². The van der Waals surface area contributed by atoms with Gasteiger partial charge in [-0.15, -0.1) is 0 Å². The third-order valence-electron chi connectivity index (χ3n) is 1.81. The molecule has 19 heavy (non-hydrogen) atoms. The molecule has 0 aromatic heterocycles. The molecule has 0 bridgehead atoms. The van der Waals surface area contributed by atoms with E-state index in [2.05, 4.69) is 28.6 Å². The molecule has 110 valence electrons. The van der Waals surface area contributed by atoms with Crippen LogP contribution in [0.3, 0.4) is 0 Å². The summed E-state index contributed by atoms with van der Waals surface area (Å²) in [5.74, 6) is -0.917. The molecular weight excluding hydrogens is 246 g/mol.